The van der Waals surface area contributed by atoms with Crippen LogP contribution in [0.3, 0.4) is 0 Å². The molecule has 2 unspecified atom stereocenters. The fraction of sp³-hybridized carbons (Fsp3) is 0.900. The predicted molar refractivity (Wildman–Crippen MR) is 52.6 cm³/mol. The smallest absolute Gasteiger partial charge is 0.309 e. The Balaban J connectivity index is 1.73. The molecule has 0 aromatic heterocycles. The molecule has 4 heteroatoms. The van der Waals surface area contributed by atoms with Crippen molar-refractivity contribution in [3.63, 3.8) is 0 Å². The van der Waals surface area contributed by atoms with Crippen LogP contribution in [0.15, 0.2) is 0 Å². The summed E-state index contributed by atoms with van der Waals surface area (Å²) in [6.07, 6.45) is 1.06. The Labute approximate surface area is 84.4 Å². The molecule has 0 aromatic rings. The maximum atomic E-state index is 11.2. The number of carbonyl (C=O) groups excluding carboxylic acids is 1. The van der Waals surface area contributed by atoms with Gasteiger partial charge in [-0.05, 0) is 31.3 Å². The van der Waals surface area contributed by atoms with Crippen molar-refractivity contribution >= 4 is 5.97 Å². The second-order valence-electron chi connectivity index (χ2n) is 4.28. The molecule has 4 nitrogen and oxygen atoms in total. The van der Waals surface area contributed by atoms with Crippen LogP contribution in [0.5, 0.6) is 0 Å². The van der Waals surface area contributed by atoms with Crippen LogP contribution in [0.1, 0.15) is 6.42 Å². The molecule has 1 heterocycles. The number of ether oxygens (including phenoxy) is 1. The van der Waals surface area contributed by atoms with Gasteiger partial charge in [-0.1, -0.05) is 0 Å². The Bertz CT molecular complexity index is 220. The zero-order valence-corrected chi connectivity index (χ0v) is 8.61. The monoisotopic (exact) mass is 198 g/mol. The molecule has 14 heavy (non-hydrogen) atoms. The highest BCUT2D eigenvalue weighted by molar-refractivity contribution is 5.76. The van der Waals surface area contributed by atoms with E-state index in [1.54, 1.807) is 0 Å². The Morgan fingerprint density at radius 2 is 2.14 bits per heavy atom. The van der Waals surface area contributed by atoms with Gasteiger partial charge in [0.25, 0.3) is 0 Å². The standard InChI is InChI=1S/C10H18N2O2/c1-14-10(13)9-7-5-12(4-2-3-11)6-8(7)9/h7-9H,2-6,11H2,1H3. The number of esters is 1. The minimum Gasteiger partial charge on any atom is -0.469 e. The Morgan fingerprint density at radius 3 is 2.64 bits per heavy atom. The van der Waals surface area contributed by atoms with E-state index in [1.165, 1.54) is 7.11 Å². The Morgan fingerprint density at radius 1 is 1.50 bits per heavy atom. The van der Waals surface area contributed by atoms with Crippen molar-refractivity contribution in [1.82, 2.24) is 4.90 Å². The highest BCUT2D eigenvalue weighted by Crippen LogP contribution is 2.52. The molecule has 0 aromatic carbocycles. The summed E-state index contributed by atoms with van der Waals surface area (Å²) in [6.45, 7) is 3.96. The van der Waals surface area contributed by atoms with Crippen molar-refractivity contribution < 1.29 is 9.53 Å². The first kappa shape index (κ1) is 9.93. The van der Waals surface area contributed by atoms with Crippen LogP contribution in [0.25, 0.3) is 0 Å². The van der Waals surface area contributed by atoms with Crippen LogP contribution in [0.4, 0.5) is 0 Å². The summed E-state index contributed by atoms with van der Waals surface area (Å²) >= 11 is 0. The van der Waals surface area contributed by atoms with E-state index in [1.807, 2.05) is 0 Å². The van der Waals surface area contributed by atoms with E-state index in [0.717, 1.165) is 32.6 Å². The van der Waals surface area contributed by atoms with Crippen LogP contribution < -0.4 is 5.73 Å². The van der Waals surface area contributed by atoms with Crippen LogP contribution >= 0.6 is 0 Å². The molecule has 2 atom stereocenters. The third kappa shape index (κ3) is 1.64. The molecule has 0 radical (unpaired) electrons. The normalized spacial score (nSPS) is 35.4. The van der Waals surface area contributed by atoms with Crippen molar-refractivity contribution in [2.75, 3.05) is 33.3 Å². The minimum absolute atomic E-state index is 0.0153. The summed E-state index contributed by atoms with van der Waals surface area (Å²) in [7, 11) is 1.47. The molecular formula is C10H18N2O2. The lowest BCUT2D eigenvalue weighted by Crippen LogP contribution is -2.28. The van der Waals surface area contributed by atoms with E-state index < -0.39 is 0 Å². The van der Waals surface area contributed by atoms with Crippen LogP contribution in [0, 0.1) is 17.8 Å². The maximum absolute atomic E-state index is 11.2. The number of rotatable bonds is 4. The first-order chi connectivity index (χ1) is 6.77. The quantitative estimate of drug-likeness (QED) is 0.629. The van der Waals surface area contributed by atoms with Crippen LogP contribution in [-0.4, -0.2) is 44.2 Å². The lowest BCUT2D eigenvalue weighted by molar-refractivity contribution is -0.143. The molecule has 0 bridgehead atoms. The number of piperidine rings is 1. The average molecular weight is 198 g/mol. The first-order valence-corrected chi connectivity index (χ1v) is 5.28. The molecule has 1 aliphatic carbocycles. The molecule has 0 spiro atoms. The first-order valence-electron chi connectivity index (χ1n) is 5.28. The van der Waals surface area contributed by atoms with Gasteiger partial charge in [0.15, 0.2) is 0 Å². The van der Waals surface area contributed by atoms with E-state index in [2.05, 4.69) is 4.90 Å². The molecular weight excluding hydrogens is 180 g/mol. The highest BCUT2D eigenvalue weighted by Gasteiger charge is 2.59. The van der Waals surface area contributed by atoms with Crippen molar-refractivity contribution in [1.29, 1.82) is 0 Å². The van der Waals surface area contributed by atoms with Gasteiger partial charge in [0.2, 0.25) is 0 Å². The summed E-state index contributed by atoms with van der Waals surface area (Å²) in [5.41, 5.74) is 5.45. The molecule has 2 rings (SSSR count). The summed E-state index contributed by atoms with van der Waals surface area (Å²) in [4.78, 5) is 13.7. The van der Waals surface area contributed by atoms with Gasteiger partial charge in [0.05, 0.1) is 13.0 Å². The predicted octanol–water partition coefficient (Wildman–Crippen LogP) is -0.314. The Kier molecular flexibility index (Phi) is 2.74. The summed E-state index contributed by atoms with van der Waals surface area (Å²) < 4.78 is 4.75. The van der Waals surface area contributed by atoms with Gasteiger partial charge in [-0.25, -0.2) is 0 Å². The van der Waals surface area contributed by atoms with Crippen molar-refractivity contribution in [3.05, 3.63) is 0 Å². The van der Waals surface area contributed by atoms with Crippen molar-refractivity contribution in [2.24, 2.45) is 23.5 Å². The average Bonchev–Trinajstić information content (AvgIpc) is 2.70. The highest BCUT2D eigenvalue weighted by atomic mass is 16.5. The second kappa shape index (κ2) is 3.87. The van der Waals surface area contributed by atoms with E-state index >= 15 is 0 Å². The lowest BCUT2D eigenvalue weighted by atomic mass is 10.2. The van der Waals surface area contributed by atoms with Gasteiger partial charge in [0, 0.05) is 13.1 Å². The molecule has 0 amide bonds. The zero-order chi connectivity index (χ0) is 10.1. The second-order valence-corrected chi connectivity index (χ2v) is 4.28. The van der Waals surface area contributed by atoms with E-state index in [9.17, 15) is 4.79 Å². The molecule has 1 saturated heterocycles. The number of nitrogens with two attached hydrogens (primary N) is 1. The fourth-order valence-electron chi connectivity index (χ4n) is 2.60. The summed E-state index contributed by atoms with van der Waals surface area (Å²) in [5, 5.41) is 0. The number of carbonyl (C=O) groups is 1. The summed E-state index contributed by atoms with van der Waals surface area (Å²) in [5.74, 6) is 1.33. The molecule has 1 saturated carbocycles. The van der Waals surface area contributed by atoms with Gasteiger partial charge in [-0.2, -0.15) is 0 Å². The van der Waals surface area contributed by atoms with Gasteiger partial charge in [-0.15, -0.1) is 0 Å². The molecule has 1 aliphatic heterocycles. The molecule has 2 N–H and O–H groups in total. The summed E-state index contributed by atoms with van der Waals surface area (Å²) in [6, 6.07) is 0. The number of hydrogen-bond donors (Lipinski definition) is 1. The number of hydrogen-bond acceptors (Lipinski definition) is 4. The van der Waals surface area contributed by atoms with E-state index in [0.29, 0.717) is 11.8 Å². The molecule has 80 valence electrons. The number of likely N-dealkylation sites (tertiary alicyclic amines) is 1. The topological polar surface area (TPSA) is 55.6 Å². The van der Waals surface area contributed by atoms with Crippen LogP contribution in [-0.2, 0) is 9.53 Å². The molecule has 2 aliphatic rings. The van der Waals surface area contributed by atoms with Gasteiger partial charge >= 0.3 is 5.97 Å². The molecule has 2 fully saturated rings. The largest absolute Gasteiger partial charge is 0.469 e. The van der Waals surface area contributed by atoms with Crippen molar-refractivity contribution in [2.45, 2.75) is 6.42 Å². The number of nitrogens with zero attached hydrogens (tertiary/aromatic N) is 1. The van der Waals surface area contributed by atoms with E-state index in [4.69, 9.17) is 10.5 Å². The van der Waals surface area contributed by atoms with Crippen LogP contribution in [0.2, 0.25) is 0 Å². The maximum Gasteiger partial charge on any atom is 0.309 e. The minimum atomic E-state index is -0.0153. The van der Waals surface area contributed by atoms with Gasteiger partial charge < -0.3 is 15.4 Å². The Hall–Kier alpha value is -0.610. The zero-order valence-electron chi connectivity index (χ0n) is 8.61. The van der Waals surface area contributed by atoms with E-state index in [-0.39, 0.29) is 11.9 Å². The van der Waals surface area contributed by atoms with Gasteiger partial charge in [0.1, 0.15) is 0 Å². The SMILES string of the molecule is COC(=O)C1C2CN(CCCN)CC21. The van der Waals surface area contributed by atoms with Gasteiger partial charge in [-0.3, -0.25) is 4.79 Å². The number of methoxy groups -OCH3 is 1. The number of fused-ring (bicyclic) bond motifs is 1. The fourth-order valence-corrected chi connectivity index (χ4v) is 2.60. The lowest BCUT2D eigenvalue weighted by Gasteiger charge is -2.17. The van der Waals surface area contributed by atoms with Crippen molar-refractivity contribution in [3.8, 4) is 0 Å². The third-order valence-electron chi connectivity index (χ3n) is 3.42. The third-order valence-corrected chi connectivity index (χ3v) is 3.42.